The largest absolute Gasteiger partial charge is 0.474 e. The van der Waals surface area contributed by atoms with Crippen molar-refractivity contribution in [1.29, 1.82) is 0 Å². The van der Waals surface area contributed by atoms with Gasteiger partial charge in [-0.1, -0.05) is 0 Å². The summed E-state index contributed by atoms with van der Waals surface area (Å²) < 4.78 is 10.4. The standard InChI is InChI=1S/C9H14N2O2/c1-3-12-4-5-13-9-7-10-8(2)6-11-9/h6-7H,3-5H2,1-2H3. The number of hydrogen-bond donors (Lipinski definition) is 0. The smallest absolute Gasteiger partial charge is 0.232 e. The summed E-state index contributed by atoms with van der Waals surface area (Å²) in [5, 5.41) is 0. The van der Waals surface area contributed by atoms with E-state index in [1.165, 1.54) is 0 Å². The van der Waals surface area contributed by atoms with E-state index in [1.807, 2.05) is 13.8 Å². The highest BCUT2D eigenvalue weighted by Crippen LogP contribution is 2.02. The minimum Gasteiger partial charge on any atom is -0.474 e. The quantitative estimate of drug-likeness (QED) is 0.642. The predicted octanol–water partition coefficient (Wildman–Crippen LogP) is 1.20. The first-order chi connectivity index (χ1) is 6.33. The van der Waals surface area contributed by atoms with Gasteiger partial charge in [0.05, 0.1) is 24.7 Å². The maximum atomic E-state index is 5.26. The van der Waals surface area contributed by atoms with Crippen molar-refractivity contribution in [3.63, 3.8) is 0 Å². The molecule has 4 heteroatoms. The minimum absolute atomic E-state index is 0.519. The Labute approximate surface area is 77.9 Å². The third-order valence-electron chi connectivity index (χ3n) is 1.44. The minimum atomic E-state index is 0.519. The van der Waals surface area contributed by atoms with Crippen LogP contribution < -0.4 is 4.74 Å². The number of hydrogen-bond acceptors (Lipinski definition) is 4. The summed E-state index contributed by atoms with van der Waals surface area (Å²) in [5.74, 6) is 0.547. The molecular weight excluding hydrogens is 168 g/mol. The third-order valence-corrected chi connectivity index (χ3v) is 1.44. The second kappa shape index (κ2) is 5.48. The van der Waals surface area contributed by atoms with E-state index in [0.717, 1.165) is 5.69 Å². The molecule has 1 aromatic rings. The molecule has 0 unspecified atom stereocenters. The molecule has 1 heterocycles. The molecule has 0 spiro atoms. The topological polar surface area (TPSA) is 44.2 Å². The van der Waals surface area contributed by atoms with Gasteiger partial charge in [-0.3, -0.25) is 4.98 Å². The highest BCUT2D eigenvalue weighted by Gasteiger charge is 1.94. The Morgan fingerprint density at radius 3 is 2.69 bits per heavy atom. The van der Waals surface area contributed by atoms with Gasteiger partial charge in [-0.15, -0.1) is 0 Å². The average molecular weight is 182 g/mol. The number of rotatable bonds is 5. The molecule has 0 N–H and O–H groups in total. The van der Waals surface area contributed by atoms with Crippen LogP contribution in [-0.4, -0.2) is 29.8 Å². The van der Waals surface area contributed by atoms with E-state index in [9.17, 15) is 0 Å². The molecule has 13 heavy (non-hydrogen) atoms. The van der Waals surface area contributed by atoms with Crippen molar-refractivity contribution >= 4 is 0 Å². The molecule has 0 aliphatic carbocycles. The summed E-state index contributed by atoms with van der Waals surface area (Å²) in [6.45, 7) is 5.66. The van der Waals surface area contributed by atoms with E-state index in [4.69, 9.17) is 9.47 Å². The van der Waals surface area contributed by atoms with Crippen molar-refractivity contribution in [2.24, 2.45) is 0 Å². The van der Waals surface area contributed by atoms with Crippen LogP contribution in [0.2, 0.25) is 0 Å². The molecule has 0 saturated heterocycles. The van der Waals surface area contributed by atoms with Crippen molar-refractivity contribution in [1.82, 2.24) is 9.97 Å². The van der Waals surface area contributed by atoms with Crippen molar-refractivity contribution in [2.75, 3.05) is 19.8 Å². The third kappa shape index (κ3) is 3.85. The molecule has 4 nitrogen and oxygen atoms in total. The highest BCUT2D eigenvalue weighted by atomic mass is 16.5. The van der Waals surface area contributed by atoms with E-state index >= 15 is 0 Å². The normalized spacial score (nSPS) is 10.0. The van der Waals surface area contributed by atoms with E-state index in [0.29, 0.717) is 25.7 Å². The number of aryl methyl sites for hydroxylation is 1. The number of nitrogens with zero attached hydrogens (tertiary/aromatic N) is 2. The SMILES string of the molecule is CCOCCOc1cnc(C)cn1. The summed E-state index contributed by atoms with van der Waals surface area (Å²) in [7, 11) is 0. The second-order valence-electron chi connectivity index (χ2n) is 2.54. The molecule has 1 aromatic heterocycles. The Balaban J connectivity index is 2.25. The fourth-order valence-electron chi connectivity index (χ4n) is 0.805. The zero-order chi connectivity index (χ0) is 9.52. The first-order valence-electron chi connectivity index (χ1n) is 4.32. The molecule has 0 aliphatic rings. The van der Waals surface area contributed by atoms with Gasteiger partial charge in [-0.25, -0.2) is 4.98 Å². The van der Waals surface area contributed by atoms with Gasteiger partial charge in [0, 0.05) is 6.61 Å². The summed E-state index contributed by atoms with van der Waals surface area (Å²) in [5.41, 5.74) is 0.886. The lowest BCUT2D eigenvalue weighted by atomic mass is 10.5. The van der Waals surface area contributed by atoms with Crippen LogP contribution in [0.5, 0.6) is 5.88 Å². The average Bonchev–Trinajstić information content (AvgIpc) is 2.15. The van der Waals surface area contributed by atoms with Crippen molar-refractivity contribution in [3.8, 4) is 5.88 Å². The summed E-state index contributed by atoms with van der Waals surface area (Å²) in [6.07, 6.45) is 3.29. The van der Waals surface area contributed by atoms with Crippen LogP contribution in [0, 0.1) is 6.92 Å². The Bertz CT molecular complexity index is 236. The van der Waals surface area contributed by atoms with Gasteiger partial charge < -0.3 is 9.47 Å². The monoisotopic (exact) mass is 182 g/mol. The maximum Gasteiger partial charge on any atom is 0.232 e. The Morgan fingerprint density at radius 2 is 2.08 bits per heavy atom. The molecule has 0 aromatic carbocycles. The van der Waals surface area contributed by atoms with Gasteiger partial charge in [0.1, 0.15) is 6.61 Å². The lowest BCUT2D eigenvalue weighted by Gasteiger charge is -2.04. The molecule has 0 atom stereocenters. The molecule has 0 saturated carbocycles. The molecule has 72 valence electrons. The summed E-state index contributed by atoms with van der Waals surface area (Å²) in [6, 6.07) is 0. The van der Waals surface area contributed by atoms with E-state index in [2.05, 4.69) is 9.97 Å². The summed E-state index contributed by atoms with van der Waals surface area (Å²) >= 11 is 0. The van der Waals surface area contributed by atoms with E-state index < -0.39 is 0 Å². The number of ether oxygens (including phenoxy) is 2. The van der Waals surface area contributed by atoms with Crippen molar-refractivity contribution in [2.45, 2.75) is 13.8 Å². The molecule has 1 rings (SSSR count). The first-order valence-corrected chi connectivity index (χ1v) is 4.32. The Morgan fingerprint density at radius 1 is 1.23 bits per heavy atom. The van der Waals surface area contributed by atoms with Crippen LogP contribution >= 0.6 is 0 Å². The molecule has 0 aliphatic heterocycles. The van der Waals surface area contributed by atoms with E-state index in [1.54, 1.807) is 12.4 Å². The van der Waals surface area contributed by atoms with Crippen LogP contribution in [0.4, 0.5) is 0 Å². The fraction of sp³-hybridized carbons (Fsp3) is 0.556. The van der Waals surface area contributed by atoms with Crippen LogP contribution in [-0.2, 0) is 4.74 Å². The zero-order valence-electron chi connectivity index (χ0n) is 7.99. The lowest BCUT2D eigenvalue weighted by molar-refractivity contribution is 0.108. The zero-order valence-corrected chi connectivity index (χ0v) is 7.99. The molecule has 0 bridgehead atoms. The van der Waals surface area contributed by atoms with Crippen LogP contribution in [0.1, 0.15) is 12.6 Å². The van der Waals surface area contributed by atoms with Gasteiger partial charge in [0.2, 0.25) is 5.88 Å². The molecule has 0 amide bonds. The fourth-order valence-corrected chi connectivity index (χ4v) is 0.805. The predicted molar refractivity (Wildman–Crippen MR) is 48.8 cm³/mol. The maximum absolute atomic E-state index is 5.26. The lowest BCUT2D eigenvalue weighted by Crippen LogP contribution is -2.07. The second-order valence-corrected chi connectivity index (χ2v) is 2.54. The van der Waals surface area contributed by atoms with Gasteiger partial charge in [0.25, 0.3) is 0 Å². The summed E-state index contributed by atoms with van der Waals surface area (Å²) in [4.78, 5) is 8.09. The van der Waals surface area contributed by atoms with Gasteiger partial charge in [-0.2, -0.15) is 0 Å². The van der Waals surface area contributed by atoms with Crippen molar-refractivity contribution < 1.29 is 9.47 Å². The van der Waals surface area contributed by atoms with E-state index in [-0.39, 0.29) is 0 Å². The highest BCUT2D eigenvalue weighted by molar-refractivity contribution is 5.05. The van der Waals surface area contributed by atoms with Gasteiger partial charge in [0.15, 0.2) is 0 Å². The molecule has 0 fully saturated rings. The molecular formula is C9H14N2O2. The first kappa shape index (κ1) is 9.92. The van der Waals surface area contributed by atoms with Gasteiger partial charge >= 0.3 is 0 Å². The Kier molecular flexibility index (Phi) is 4.18. The Hall–Kier alpha value is -1.16. The van der Waals surface area contributed by atoms with Gasteiger partial charge in [-0.05, 0) is 13.8 Å². The van der Waals surface area contributed by atoms with Crippen LogP contribution in [0.3, 0.4) is 0 Å². The molecule has 0 radical (unpaired) electrons. The van der Waals surface area contributed by atoms with Crippen LogP contribution in [0.25, 0.3) is 0 Å². The van der Waals surface area contributed by atoms with Crippen LogP contribution in [0.15, 0.2) is 12.4 Å². The number of aromatic nitrogens is 2. The van der Waals surface area contributed by atoms with Crippen molar-refractivity contribution in [3.05, 3.63) is 18.1 Å².